The summed E-state index contributed by atoms with van der Waals surface area (Å²) in [7, 11) is 2.16. The lowest BCUT2D eigenvalue weighted by Gasteiger charge is -2.32. The van der Waals surface area contributed by atoms with E-state index in [0.29, 0.717) is 17.5 Å². The Morgan fingerprint density at radius 2 is 2.33 bits per heavy atom. The maximum Gasteiger partial charge on any atom is 0.111 e. The SMILES string of the molecule is CN1CCCC(n2c(CCCl)nc3ccc(C#N)cc32)C1. The zero-order valence-corrected chi connectivity index (χ0v) is 13.0. The molecular weight excluding hydrogens is 284 g/mol. The Bertz CT molecular complexity index is 685. The number of halogens is 1. The summed E-state index contributed by atoms with van der Waals surface area (Å²) in [5.74, 6) is 1.60. The molecule has 4 nitrogen and oxygen atoms in total. The Labute approximate surface area is 129 Å². The second-order valence-electron chi connectivity index (χ2n) is 5.71. The normalized spacial score (nSPS) is 19.8. The predicted molar refractivity (Wildman–Crippen MR) is 84.6 cm³/mol. The number of benzene rings is 1. The van der Waals surface area contributed by atoms with Gasteiger partial charge in [-0.05, 0) is 44.6 Å². The molecule has 5 heteroatoms. The highest BCUT2D eigenvalue weighted by Crippen LogP contribution is 2.28. The molecule has 21 heavy (non-hydrogen) atoms. The summed E-state index contributed by atoms with van der Waals surface area (Å²) < 4.78 is 2.31. The molecule has 1 fully saturated rings. The van der Waals surface area contributed by atoms with Crippen LogP contribution in [0.4, 0.5) is 0 Å². The molecule has 1 aliphatic rings. The molecule has 1 saturated heterocycles. The van der Waals surface area contributed by atoms with Crippen LogP contribution in [-0.4, -0.2) is 40.5 Å². The number of hydrogen-bond donors (Lipinski definition) is 0. The first-order chi connectivity index (χ1) is 10.2. The largest absolute Gasteiger partial charge is 0.323 e. The lowest BCUT2D eigenvalue weighted by atomic mass is 10.1. The van der Waals surface area contributed by atoms with Crippen LogP contribution < -0.4 is 0 Å². The summed E-state index contributed by atoms with van der Waals surface area (Å²) in [6, 6.07) is 8.36. The van der Waals surface area contributed by atoms with Gasteiger partial charge in [0.05, 0.1) is 22.7 Å². The molecule has 1 aromatic heterocycles. The zero-order chi connectivity index (χ0) is 14.8. The first kappa shape index (κ1) is 14.4. The number of piperidine rings is 1. The van der Waals surface area contributed by atoms with Crippen molar-refractivity contribution < 1.29 is 0 Å². The smallest absolute Gasteiger partial charge is 0.111 e. The second-order valence-corrected chi connectivity index (χ2v) is 6.09. The van der Waals surface area contributed by atoms with E-state index < -0.39 is 0 Å². The lowest BCUT2D eigenvalue weighted by molar-refractivity contribution is 0.212. The molecule has 0 saturated carbocycles. The molecule has 2 aromatic rings. The van der Waals surface area contributed by atoms with E-state index in [2.05, 4.69) is 22.6 Å². The third-order valence-corrected chi connectivity index (χ3v) is 4.36. The summed E-state index contributed by atoms with van der Waals surface area (Å²) in [5, 5.41) is 9.14. The number of nitriles is 1. The Kier molecular flexibility index (Phi) is 4.14. The van der Waals surface area contributed by atoms with Gasteiger partial charge >= 0.3 is 0 Å². The van der Waals surface area contributed by atoms with Crippen molar-refractivity contribution in [3.05, 3.63) is 29.6 Å². The minimum atomic E-state index is 0.418. The van der Waals surface area contributed by atoms with Gasteiger partial charge in [-0.3, -0.25) is 0 Å². The van der Waals surface area contributed by atoms with E-state index in [1.54, 1.807) is 0 Å². The number of aromatic nitrogens is 2. The molecule has 0 spiro atoms. The molecular formula is C16H19ClN4. The van der Waals surface area contributed by atoms with Crippen molar-refractivity contribution in [3.8, 4) is 6.07 Å². The van der Waals surface area contributed by atoms with Gasteiger partial charge in [-0.15, -0.1) is 11.6 Å². The molecule has 0 aliphatic carbocycles. The molecule has 1 unspecified atom stereocenters. The Hall–Kier alpha value is -1.57. The van der Waals surface area contributed by atoms with Crippen molar-refractivity contribution in [2.75, 3.05) is 26.0 Å². The molecule has 1 atom stereocenters. The van der Waals surface area contributed by atoms with E-state index in [1.165, 1.54) is 6.42 Å². The Morgan fingerprint density at radius 3 is 3.05 bits per heavy atom. The van der Waals surface area contributed by atoms with E-state index in [0.717, 1.165) is 42.8 Å². The second kappa shape index (κ2) is 6.05. The lowest BCUT2D eigenvalue weighted by Crippen LogP contribution is -2.34. The van der Waals surface area contributed by atoms with Gasteiger partial charge in [0.2, 0.25) is 0 Å². The number of aryl methyl sites for hydroxylation is 1. The first-order valence-electron chi connectivity index (χ1n) is 7.38. The summed E-state index contributed by atoms with van der Waals surface area (Å²) in [5.41, 5.74) is 2.71. The average Bonchev–Trinajstić information content (AvgIpc) is 2.84. The number of imidazole rings is 1. The Morgan fingerprint density at radius 1 is 1.48 bits per heavy atom. The summed E-state index contributed by atoms with van der Waals surface area (Å²) >= 11 is 5.95. The van der Waals surface area contributed by atoms with Crippen LogP contribution in [0.5, 0.6) is 0 Å². The van der Waals surface area contributed by atoms with Crippen LogP contribution in [0.25, 0.3) is 11.0 Å². The van der Waals surface area contributed by atoms with Crippen molar-refractivity contribution >= 4 is 22.6 Å². The quantitative estimate of drug-likeness (QED) is 0.819. The van der Waals surface area contributed by atoms with E-state index in [-0.39, 0.29) is 0 Å². The van der Waals surface area contributed by atoms with Crippen LogP contribution in [0.15, 0.2) is 18.2 Å². The molecule has 1 aromatic carbocycles. The molecule has 0 amide bonds. The van der Waals surface area contributed by atoms with Crippen LogP contribution >= 0.6 is 11.6 Å². The van der Waals surface area contributed by atoms with Gasteiger partial charge in [-0.1, -0.05) is 0 Å². The van der Waals surface area contributed by atoms with Crippen molar-refractivity contribution in [3.63, 3.8) is 0 Å². The van der Waals surface area contributed by atoms with Gasteiger partial charge in [-0.2, -0.15) is 5.26 Å². The van der Waals surface area contributed by atoms with Crippen LogP contribution in [0.1, 0.15) is 30.3 Å². The van der Waals surface area contributed by atoms with Crippen molar-refractivity contribution in [2.24, 2.45) is 0 Å². The average molecular weight is 303 g/mol. The monoisotopic (exact) mass is 302 g/mol. The van der Waals surface area contributed by atoms with Crippen LogP contribution in [-0.2, 0) is 6.42 Å². The fraction of sp³-hybridized carbons (Fsp3) is 0.500. The molecule has 0 N–H and O–H groups in total. The highest BCUT2D eigenvalue weighted by molar-refractivity contribution is 6.17. The van der Waals surface area contributed by atoms with E-state index in [9.17, 15) is 0 Å². The van der Waals surface area contributed by atoms with Crippen LogP contribution in [0, 0.1) is 11.3 Å². The highest BCUT2D eigenvalue weighted by atomic mass is 35.5. The Balaban J connectivity index is 2.12. The maximum absolute atomic E-state index is 9.14. The third kappa shape index (κ3) is 2.76. The van der Waals surface area contributed by atoms with Crippen molar-refractivity contribution in [2.45, 2.75) is 25.3 Å². The molecule has 1 aliphatic heterocycles. The number of likely N-dealkylation sites (tertiary alicyclic amines) is 1. The third-order valence-electron chi connectivity index (χ3n) is 4.17. The number of likely N-dealkylation sites (N-methyl/N-ethyl adjacent to an activating group) is 1. The predicted octanol–water partition coefficient (Wildman–Crippen LogP) is 2.96. The van der Waals surface area contributed by atoms with Crippen LogP contribution in [0.3, 0.4) is 0 Å². The van der Waals surface area contributed by atoms with E-state index >= 15 is 0 Å². The van der Waals surface area contributed by atoms with E-state index in [1.807, 2.05) is 18.2 Å². The van der Waals surface area contributed by atoms with Crippen molar-refractivity contribution in [1.82, 2.24) is 14.5 Å². The standard InChI is InChI=1S/C16H19ClN4/c1-20-8-2-3-13(11-20)21-15-9-12(10-18)4-5-14(15)19-16(21)6-7-17/h4-5,9,13H,2-3,6-8,11H2,1H3. The summed E-state index contributed by atoms with van der Waals surface area (Å²) in [6.45, 7) is 2.18. The number of fused-ring (bicyclic) bond motifs is 1. The molecule has 0 radical (unpaired) electrons. The number of alkyl halides is 1. The van der Waals surface area contributed by atoms with Gasteiger partial charge < -0.3 is 9.47 Å². The van der Waals surface area contributed by atoms with Crippen LogP contribution in [0.2, 0.25) is 0 Å². The maximum atomic E-state index is 9.14. The number of hydrogen-bond acceptors (Lipinski definition) is 3. The fourth-order valence-electron chi connectivity index (χ4n) is 3.23. The van der Waals surface area contributed by atoms with Gasteiger partial charge in [-0.25, -0.2) is 4.98 Å². The molecule has 3 rings (SSSR count). The minimum absolute atomic E-state index is 0.418. The number of nitrogens with zero attached hydrogens (tertiary/aromatic N) is 4. The van der Waals surface area contributed by atoms with Gasteiger partial charge in [0, 0.05) is 24.9 Å². The summed E-state index contributed by atoms with van der Waals surface area (Å²) in [6.07, 6.45) is 3.11. The fourth-order valence-corrected chi connectivity index (χ4v) is 3.40. The molecule has 2 heterocycles. The first-order valence-corrected chi connectivity index (χ1v) is 7.92. The molecule has 110 valence electrons. The molecule has 0 bridgehead atoms. The summed E-state index contributed by atoms with van der Waals surface area (Å²) in [4.78, 5) is 7.09. The minimum Gasteiger partial charge on any atom is -0.323 e. The number of rotatable bonds is 3. The highest BCUT2D eigenvalue weighted by Gasteiger charge is 2.23. The van der Waals surface area contributed by atoms with Gasteiger partial charge in [0.25, 0.3) is 0 Å². The van der Waals surface area contributed by atoms with Gasteiger partial charge in [0.15, 0.2) is 0 Å². The topological polar surface area (TPSA) is 44.9 Å². The van der Waals surface area contributed by atoms with E-state index in [4.69, 9.17) is 21.8 Å². The zero-order valence-electron chi connectivity index (χ0n) is 12.2. The van der Waals surface area contributed by atoms with Gasteiger partial charge in [0.1, 0.15) is 5.82 Å². The van der Waals surface area contributed by atoms with Crippen molar-refractivity contribution in [1.29, 1.82) is 5.26 Å².